The van der Waals surface area contributed by atoms with Gasteiger partial charge in [-0.15, -0.1) is 0 Å². The summed E-state index contributed by atoms with van der Waals surface area (Å²) in [6, 6.07) is 6.44. The van der Waals surface area contributed by atoms with Crippen molar-refractivity contribution in [3.63, 3.8) is 0 Å². The first-order chi connectivity index (χ1) is 11.7. The maximum atomic E-state index is 13.6. The predicted octanol–water partition coefficient (Wildman–Crippen LogP) is 2.10. The first-order valence-corrected chi connectivity index (χ1v) is 9.23. The van der Waals surface area contributed by atoms with Crippen LogP contribution in [0.1, 0.15) is 30.9 Å². The first-order valence-electron chi connectivity index (χ1n) is 9.23. The van der Waals surface area contributed by atoms with E-state index in [1.807, 2.05) is 6.07 Å². The van der Waals surface area contributed by atoms with Crippen LogP contribution in [0.3, 0.4) is 0 Å². The van der Waals surface area contributed by atoms with E-state index >= 15 is 0 Å². The van der Waals surface area contributed by atoms with Crippen LogP contribution in [0.4, 0.5) is 4.39 Å². The molecular weight excluding hydrogens is 305 g/mol. The fraction of sp³-hybridized carbons (Fsp3) is 0.632. The van der Waals surface area contributed by atoms with Crippen molar-refractivity contribution in [1.29, 1.82) is 0 Å². The van der Waals surface area contributed by atoms with Gasteiger partial charge in [0.25, 0.3) is 0 Å². The van der Waals surface area contributed by atoms with Gasteiger partial charge in [-0.1, -0.05) is 12.1 Å². The Kier molecular flexibility index (Phi) is 3.42. The Morgan fingerprint density at radius 1 is 1.17 bits per heavy atom. The third-order valence-corrected chi connectivity index (χ3v) is 6.96. The predicted molar refractivity (Wildman–Crippen MR) is 88.2 cm³/mol. The van der Waals surface area contributed by atoms with Crippen LogP contribution >= 0.6 is 0 Å². The van der Waals surface area contributed by atoms with E-state index in [0.29, 0.717) is 6.54 Å². The molecule has 2 N–H and O–H groups in total. The van der Waals surface area contributed by atoms with Gasteiger partial charge in [0.2, 0.25) is 5.91 Å². The highest BCUT2D eigenvalue weighted by Crippen LogP contribution is 2.55. The second kappa shape index (κ2) is 5.53. The molecule has 0 radical (unpaired) electrons. The number of fused-ring (bicyclic) bond motifs is 5. The Balaban J connectivity index is 1.33. The largest absolute Gasteiger partial charge is 0.342 e. The molecule has 2 saturated heterocycles. The minimum Gasteiger partial charge on any atom is -0.342 e. The second-order valence-electron chi connectivity index (χ2n) is 8.07. The van der Waals surface area contributed by atoms with E-state index in [0.717, 1.165) is 42.3 Å². The number of nitrogens with one attached hydrogen (secondary N) is 2. The lowest BCUT2D eigenvalue weighted by Crippen LogP contribution is -2.38. The highest BCUT2D eigenvalue weighted by molar-refractivity contribution is 5.81. The summed E-state index contributed by atoms with van der Waals surface area (Å²) in [5, 5.41) is 0. The number of carbonyl (C=O) groups excluding carboxylic acids is 1. The van der Waals surface area contributed by atoms with Crippen LogP contribution in [-0.2, 0) is 4.79 Å². The van der Waals surface area contributed by atoms with Crippen LogP contribution in [-0.4, -0.2) is 30.4 Å². The van der Waals surface area contributed by atoms with Crippen LogP contribution in [0.15, 0.2) is 24.3 Å². The van der Waals surface area contributed by atoms with E-state index in [4.69, 9.17) is 0 Å². The minimum absolute atomic E-state index is 0.148. The smallest absolute Gasteiger partial charge is 0.229 e. The molecule has 0 aromatic heterocycles. The number of carbonyl (C=O) groups is 1. The molecule has 1 aromatic carbocycles. The van der Waals surface area contributed by atoms with E-state index in [1.54, 1.807) is 6.07 Å². The van der Waals surface area contributed by atoms with Gasteiger partial charge in [0.05, 0.1) is 12.0 Å². The Labute approximate surface area is 141 Å². The molecule has 1 amide bonds. The number of benzene rings is 1. The summed E-state index contributed by atoms with van der Waals surface area (Å²) in [7, 11) is 0. The third kappa shape index (κ3) is 2.21. The lowest BCUT2D eigenvalue weighted by molar-refractivity contribution is -0.134. The zero-order valence-electron chi connectivity index (χ0n) is 13.7. The van der Waals surface area contributed by atoms with Crippen molar-refractivity contribution < 1.29 is 9.18 Å². The van der Waals surface area contributed by atoms with Crippen molar-refractivity contribution in [2.75, 3.05) is 19.6 Å². The van der Waals surface area contributed by atoms with Gasteiger partial charge in [-0.05, 0) is 60.6 Å². The van der Waals surface area contributed by atoms with Crippen LogP contribution in [0, 0.1) is 35.4 Å². The summed E-state index contributed by atoms with van der Waals surface area (Å²) in [6.07, 6.45) is 4.13. The minimum atomic E-state index is -0.250. The zero-order chi connectivity index (χ0) is 16.3. The summed E-state index contributed by atoms with van der Waals surface area (Å²) in [6.45, 7) is 2.49. The number of hydrazine groups is 1. The highest BCUT2D eigenvalue weighted by atomic mass is 19.1. The second-order valence-corrected chi connectivity index (χ2v) is 8.07. The Morgan fingerprint density at radius 2 is 1.92 bits per heavy atom. The van der Waals surface area contributed by atoms with Crippen molar-refractivity contribution >= 4 is 5.91 Å². The maximum Gasteiger partial charge on any atom is 0.229 e. The molecule has 2 unspecified atom stereocenters. The molecule has 5 heteroatoms. The summed E-state index contributed by atoms with van der Waals surface area (Å²) in [4.78, 5) is 15.2. The average molecular weight is 329 g/mol. The number of amides is 1. The van der Waals surface area contributed by atoms with Gasteiger partial charge >= 0.3 is 0 Å². The Morgan fingerprint density at radius 3 is 2.62 bits per heavy atom. The van der Waals surface area contributed by atoms with E-state index in [-0.39, 0.29) is 23.7 Å². The first kappa shape index (κ1) is 14.8. The molecule has 4 nitrogen and oxygen atoms in total. The van der Waals surface area contributed by atoms with E-state index in [2.05, 4.69) is 15.8 Å². The average Bonchev–Trinajstić information content (AvgIpc) is 3.34. The van der Waals surface area contributed by atoms with Crippen molar-refractivity contribution in [3.05, 3.63) is 35.6 Å². The molecule has 0 spiro atoms. The maximum absolute atomic E-state index is 13.6. The molecule has 4 fully saturated rings. The topological polar surface area (TPSA) is 44.4 Å². The fourth-order valence-corrected chi connectivity index (χ4v) is 5.84. The molecule has 2 aliphatic carbocycles. The van der Waals surface area contributed by atoms with Gasteiger partial charge < -0.3 is 4.90 Å². The molecule has 6 atom stereocenters. The van der Waals surface area contributed by atoms with Gasteiger partial charge in [0.1, 0.15) is 5.82 Å². The van der Waals surface area contributed by atoms with E-state index in [1.165, 1.54) is 31.4 Å². The monoisotopic (exact) mass is 329 g/mol. The normalized spacial score (nSPS) is 40.3. The van der Waals surface area contributed by atoms with Crippen LogP contribution in [0.25, 0.3) is 0 Å². The van der Waals surface area contributed by atoms with Crippen LogP contribution in [0.2, 0.25) is 0 Å². The van der Waals surface area contributed by atoms with Crippen LogP contribution in [0.5, 0.6) is 0 Å². The van der Waals surface area contributed by atoms with Gasteiger partial charge in [-0.3, -0.25) is 10.2 Å². The number of hydrogen-bond acceptors (Lipinski definition) is 3. The molecule has 2 aliphatic heterocycles. The molecule has 4 aliphatic rings. The molecule has 24 heavy (non-hydrogen) atoms. The molecule has 128 valence electrons. The van der Waals surface area contributed by atoms with E-state index < -0.39 is 0 Å². The molecule has 2 heterocycles. The lowest BCUT2D eigenvalue weighted by atomic mass is 9.82. The summed E-state index contributed by atoms with van der Waals surface area (Å²) < 4.78 is 13.6. The third-order valence-electron chi connectivity index (χ3n) is 6.96. The fourth-order valence-electron chi connectivity index (χ4n) is 5.84. The van der Waals surface area contributed by atoms with Gasteiger partial charge in [0.15, 0.2) is 0 Å². The van der Waals surface area contributed by atoms with Crippen LogP contribution < -0.4 is 10.9 Å². The number of likely N-dealkylation sites (tertiary alicyclic amines) is 1. The summed E-state index contributed by atoms with van der Waals surface area (Å²) in [5.74, 6) is 3.03. The summed E-state index contributed by atoms with van der Waals surface area (Å²) >= 11 is 0. The quantitative estimate of drug-likeness (QED) is 0.873. The van der Waals surface area contributed by atoms with Crippen molar-refractivity contribution in [2.45, 2.75) is 25.3 Å². The lowest BCUT2D eigenvalue weighted by Gasteiger charge is -2.25. The SMILES string of the molecule is O=C(C1CNNC1c1cccc(F)c1)N1C[C@@H]2[C@@H]3CC[C@@H](C3)[C@@H]2C1. The molecular formula is C19H24FN3O. The Hall–Kier alpha value is -1.46. The number of hydrogen-bond donors (Lipinski definition) is 2. The van der Waals surface area contributed by atoms with Crippen molar-refractivity contribution in [3.8, 4) is 0 Å². The standard InChI is InChI=1S/C19H24FN3O/c20-14-3-1-2-13(7-14)18-15(8-21-22-18)19(24)23-9-16-11-4-5-12(6-11)17(16)10-23/h1-3,7,11-12,15-18,21-22H,4-6,8-10H2/t11-,12+,15?,16-,17+,18?. The van der Waals surface area contributed by atoms with Gasteiger partial charge in [-0.2, -0.15) is 0 Å². The van der Waals surface area contributed by atoms with Crippen molar-refractivity contribution in [2.24, 2.45) is 29.6 Å². The van der Waals surface area contributed by atoms with Gasteiger partial charge in [-0.25, -0.2) is 9.82 Å². The van der Waals surface area contributed by atoms with E-state index in [9.17, 15) is 9.18 Å². The molecule has 5 rings (SSSR count). The Bertz CT molecular complexity index is 648. The summed E-state index contributed by atoms with van der Waals surface area (Å²) in [5.41, 5.74) is 7.12. The van der Waals surface area contributed by atoms with Gasteiger partial charge in [0, 0.05) is 19.6 Å². The number of rotatable bonds is 2. The molecule has 2 bridgehead atoms. The molecule has 2 saturated carbocycles. The zero-order valence-corrected chi connectivity index (χ0v) is 13.7. The number of nitrogens with zero attached hydrogens (tertiary/aromatic N) is 1. The van der Waals surface area contributed by atoms with Crippen molar-refractivity contribution in [1.82, 2.24) is 15.8 Å². The molecule has 1 aromatic rings. The number of halogens is 1. The highest BCUT2D eigenvalue weighted by Gasteiger charge is 2.53.